The van der Waals surface area contributed by atoms with E-state index in [2.05, 4.69) is 39.5 Å². The maximum atomic E-state index is 5.87. The molecule has 0 saturated heterocycles. The van der Waals surface area contributed by atoms with Gasteiger partial charge in [-0.2, -0.15) is 0 Å². The molecule has 2 N–H and O–H groups in total. The maximum Gasteiger partial charge on any atom is 0.00644 e. The van der Waals surface area contributed by atoms with E-state index in [4.69, 9.17) is 5.73 Å². The highest BCUT2D eigenvalue weighted by Crippen LogP contribution is 2.15. The fraction of sp³-hybridized carbons (Fsp3) is 1.00. The van der Waals surface area contributed by atoms with Crippen LogP contribution in [0.1, 0.15) is 53.9 Å². The summed E-state index contributed by atoms with van der Waals surface area (Å²) in [5, 5.41) is 0. The normalized spacial score (nSPS) is 15.8. The van der Waals surface area contributed by atoms with Crippen LogP contribution in [0.25, 0.3) is 0 Å². The van der Waals surface area contributed by atoms with E-state index in [-0.39, 0.29) is 0 Å². The predicted molar refractivity (Wildman–Crippen MR) is 73.6 cm³/mol. The number of hydrogen-bond donors (Lipinski definition) is 1. The second-order valence-electron chi connectivity index (χ2n) is 5.35. The van der Waals surface area contributed by atoms with Crippen molar-refractivity contribution in [2.45, 2.75) is 59.9 Å². The first-order valence-electron chi connectivity index (χ1n) is 7.00. The van der Waals surface area contributed by atoms with E-state index in [0.717, 1.165) is 6.54 Å². The van der Waals surface area contributed by atoms with E-state index in [1.54, 1.807) is 0 Å². The second kappa shape index (κ2) is 9.00. The SMILES string of the molecule is CCCCN(CC(CN)C(C)C)C(C)CC. The first kappa shape index (κ1) is 15.9. The average Bonchev–Trinajstić information content (AvgIpc) is 2.28. The first-order chi connectivity index (χ1) is 7.56. The van der Waals surface area contributed by atoms with Crippen molar-refractivity contribution < 1.29 is 0 Å². The first-order valence-corrected chi connectivity index (χ1v) is 7.00. The summed E-state index contributed by atoms with van der Waals surface area (Å²) in [6.45, 7) is 14.7. The van der Waals surface area contributed by atoms with Gasteiger partial charge in [-0.25, -0.2) is 0 Å². The summed E-state index contributed by atoms with van der Waals surface area (Å²) in [6, 6.07) is 0.694. The van der Waals surface area contributed by atoms with Crippen LogP contribution in [0, 0.1) is 11.8 Å². The Hall–Kier alpha value is -0.0800. The van der Waals surface area contributed by atoms with Crippen molar-refractivity contribution >= 4 is 0 Å². The highest BCUT2D eigenvalue weighted by Gasteiger charge is 2.18. The van der Waals surface area contributed by atoms with Gasteiger partial charge in [0, 0.05) is 12.6 Å². The molecule has 0 radical (unpaired) electrons. The van der Waals surface area contributed by atoms with Crippen LogP contribution < -0.4 is 5.73 Å². The Balaban J connectivity index is 4.27. The second-order valence-corrected chi connectivity index (χ2v) is 5.35. The third-order valence-corrected chi connectivity index (χ3v) is 3.73. The third kappa shape index (κ3) is 5.86. The van der Waals surface area contributed by atoms with Crippen LogP contribution in [0.3, 0.4) is 0 Å². The van der Waals surface area contributed by atoms with Gasteiger partial charge >= 0.3 is 0 Å². The van der Waals surface area contributed by atoms with Crippen molar-refractivity contribution in [1.82, 2.24) is 4.90 Å². The molecule has 0 aliphatic heterocycles. The van der Waals surface area contributed by atoms with Crippen LogP contribution in [0.15, 0.2) is 0 Å². The molecule has 0 amide bonds. The third-order valence-electron chi connectivity index (χ3n) is 3.73. The zero-order valence-electron chi connectivity index (χ0n) is 12.0. The molecule has 0 aliphatic rings. The van der Waals surface area contributed by atoms with E-state index >= 15 is 0 Å². The largest absolute Gasteiger partial charge is 0.330 e. The highest BCUT2D eigenvalue weighted by atomic mass is 15.1. The highest BCUT2D eigenvalue weighted by molar-refractivity contribution is 4.73. The van der Waals surface area contributed by atoms with Crippen LogP contribution in [-0.2, 0) is 0 Å². The quantitative estimate of drug-likeness (QED) is 0.657. The summed E-state index contributed by atoms with van der Waals surface area (Å²) >= 11 is 0. The zero-order valence-corrected chi connectivity index (χ0v) is 12.0. The van der Waals surface area contributed by atoms with E-state index in [9.17, 15) is 0 Å². The minimum absolute atomic E-state index is 0.644. The van der Waals surface area contributed by atoms with Gasteiger partial charge in [0.2, 0.25) is 0 Å². The molecule has 0 fully saturated rings. The molecule has 0 aromatic heterocycles. The van der Waals surface area contributed by atoms with Gasteiger partial charge in [0.15, 0.2) is 0 Å². The Morgan fingerprint density at radius 1 is 1.12 bits per heavy atom. The van der Waals surface area contributed by atoms with Gasteiger partial charge in [0.05, 0.1) is 0 Å². The minimum atomic E-state index is 0.644. The molecule has 0 saturated carbocycles. The summed E-state index contributed by atoms with van der Waals surface area (Å²) in [6.07, 6.45) is 3.82. The Kier molecular flexibility index (Phi) is 8.96. The van der Waals surface area contributed by atoms with Crippen LogP contribution in [0.5, 0.6) is 0 Å². The number of nitrogens with two attached hydrogens (primary N) is 1. The van der Waals surface area contributed by atoms with Gasteiger partial charge in [-0.15, -0.1) is 0 Å². The van der Waals surface area contributed by atoms with Crippen LogP contribution in [0.2, 0.25) is 0 Å². The molecular weight excluding hydrogens is 196 g/mol. The van der Waals surface area contributed by atoms with E-state index < -0.39 is 0 Å². The molecule has 2 unspecified atom stereocenters. The summed E-state index contributed by atoms with van der Waals surface area (Å²) in [5.41, 5.74) is 5.87. The van der Waals surface area contributed by atoms with E-state index in [0.29, 0.717) is 17.9 Å². The lowest BCUT2D eigenvalue weighted by molar-refractivity contribution is 0.154. The van der Waals surface area contributed by atoms with Gasteiger partial charge in [-0.3, -0.25) is 0 Å². The number of rotatable bonds is 9. The average molecular weight is 228 g/mol. The number of nitrogens with zero attached hydrogens (tertiary/aromatic N) is 1. The van der Waals surface area contributed by atoms with Crippen LogP contribution in [-0.4, -0.2) is 30.6 Å². The molecule has 0 aromatic carbocycles. The zero-order chi connectivity index (χ0) is 12.6. The monoisotopic (exact) mass is 228 g/mol. The standard InChI is InChI=1S/C14H32N2/c1-6-8-9-16(13(5)7-2)11-14(10-15)12(3)4/h12-14H,6-11,15H2,1-5H3. The lowest BCUT2D eigenvalue weighted by Crippen LogP contribution is -2.41. The summed E-state index contributed by atoms with van der Waals surface area (Å²) in [5.74, 6) is 1.34. The molecule has 98 valence electrons. The fourth-order valence-corrected chi connectivity index (χ4v) is 1.97. The Labute approximate surface area is 103 Å². The fourth-order valence-electron chi connectivity index (χ4n) is 1.97. The van der Waals surface area contributed by atoms with Gasteiger partial charge in [0.25, 0.3) is 0 Å². The molecule has 16 heavy (non-hydrogen) atoms. The molecule has 0 heterocycles. The summed E-state index contributed by atoms with van der Waals surface area (Å²) < 4.78 is 0. The Morgan fingerprint density at radius 3 is 2.12 bits per heavy atom. The smallest absolute Gasteiger partial charge is 0.00644 e. The molecule has 2 heteroatoms. The van der Waals surface area contributed by atoms with Crippen LogP contribution in [0.4, 0.5) is 0 Å². The molecule has 0 bridgehead atoms. The van der Waals surface area contributed by atoms with Crippen molar-refractivity contribution in [3.8, 4) is 0 Å². The van der Waals surface area contributed by atoms with Crippen molar-refractivity contribution in [2.24, 2.45) is 17.6 Å². The van der Waals surface area contributed by atoms with Gasteiger partial charge in [-0.05, 0) is 44.7 Å². The summed E-state index contributed by atoms with van der Waals surface area (Å²) in [4.78, 5) is 2.63. The minimum Gasteiger partial charge on any atom is -0.330 e. The Bertz CT molecular complexity index is 157. The van der Waals surface area contributed by atoms with E-state index in [1.165, 1.54) is 32.4 Å². The molecule has 2 atom stereocenters. The predicted octanol–water partition coefficient (Wildman–Crippen LogP) is 3.12. The molecule has 0 aliphatic carbocycles. The van der Waals surface area contributed by atoms with E-state index in [1.807, 2.05) is 0 Å². The number of hydrogen-bond acceptors (Lipinski definition) is 2. The molecule has 0 aromatic rings. The lowest BCUT2D eigenvalue weighted by Gasteiger charge is -2.33. The topological polar surface area (TPSA) is 29.3 Å². The Morgan fingerprint density at radius 2 is 1.75 bits per heavy atom. The molecule has 0 spiro atoms. The van der Waals surface area contributed by atoms with Gasteiger partial charge < -0.3 is 10.6 Å². The van der Waals surface area contributed by atoms with Gasteiger partial charge in [-0.1, -0.05) is 34.1 Å². The van der Waals surface area contributed by atoms with Crippen molar-refractivity contribution in [1.29, 1.82) is 0 Å². The molecule has 2 nitrogen and oxygen atoms in total. The van der Waals surface area contributed by atoms with Crippen molar-refractivity contribution in [3.63, 3.8) is 0 Å². The molecular formula is C14H32N2. The lowest BCUT2D eigenvalue weighted by atomic mass is 9.94. The maximum absolute atomic E-state index is 5.87. The van der Waals surface area contributed by atoms with Crippen LogP contribution >= 0.6 is 0 Å². The van der Waals surface area contributed by atoms with Crippen molar-refractivity contribution in [3.05, 3.63) is 0 Å². The summed E-state index contributed by atoms with van der Waals surface area (Å²) in [7, 11) is 0. The van der Waals surface area contributed by atoms with Crippen molar-refractivity contribution in [2.75, 3.05) is 19.6 Å². The number of unbranched alkanes of at least 4 members (excludes halogenated alkanes) is 1. The van der Waals surface area contributed by atoms with Gasteiger partial charge in [0.1, 0.15) is 0 Å². The molecule has 0 rings (SSSR count).